The van der Waals surface area contributed by atoms with Gasteiger partial charge in [0.2, 0.25) is 0 Å². The topological polar surface area (TPSA) is 85.2 Å². The highest BCUT2D eigenvalue weighted by Gasteiger charge is 2.35. The summed E-state index contributed by atoms with van der Waals surface area (Å²) in [6.07, 6.45) is 0. The SMILES string of the molecule is Cc1cc(C(=O)N2CC(N)C(c3ccccc3)C2)c2c(C)noc2n1. The lowest BCUT2D eigenvalue weighted by Gasteiger charge is -2.17. The van der Waals surface area contributed by atoms with E-state index in [1.165, 1.54) is 5.56 Å². The molecule has 2 aromatic heterocycles. The molecule has 1 saturated heterocycles. The average molecular weight is 336 g/mol. The van der Waals surface area contributed by atoms with E-state index < -0.39 is 0 Å². The Morgan fingerprint density at radius 2 is 2.00 bits per heavy atom. The lowest BCUT2D eigenvalue weighted by Crippen LogP contribution is -2.32. The molecule has 0 radical (unpaired) electrons. The number of nitrogens with zero attached hydrogens (tertiary/aromatic N) is 3. The minimum atomic E-state index is -0.0756. The molecule has 128 valence electrons. The number of aryl methyl sites for hydroxylation is 2. The summed E-state index contributed by atoms with van der Waals surface area (Å²) in [5.74, 6) is 0.0998. The van der Waals surface area contributed by atoms with Crippen molar-refractivity contribution in [1.82, 2.24) is 15.0 Å². The number of pyridine rings is 1. The van der Waals surface area contributed by atoms with Crippen LogP contribution in [0.25, 0.3) is 11.1 Å². The van der Waals surface area contributed by atoms with Crippen molar-refractivity contribution in [2.24, 2.45) is 5.73 Å². The van der Waals surface area contributed by atoms with Crippen LogP contribution in [-0.4, -0.2) is 40.1 Å². The van der Waals surface area contributed by atoms with Gasteiger partial charge in [-0.2, -0.15) is 0 Å². The number of rotatable bonds is 2. The fourth-order valence-corrected chi connectivity index (χ4v) is 3.60. The molecule has 25 heavy (non-hydrogen) atoms. The van der Waals surface area contributed by atoms with Gasteiger partial charge in [-0.25, -0.2) is 4.98 Å². The summed E-state index contributed by atoms with van der Waals surface area (Å²) in [7, 11) is 0. The van der Waals surface area contributed by atoms with Crippen molar-refractivity contribution in [2.75, 3.05) is 13.1 Å². The molecular formula is C19H20N4O2. The van der Waals surface area contributed by atoms with Gasteiger partial charge < -0.3 is 15.2 Å². The van der Waals surface area contributed by atoms with Crippen LogP contribution in [0.2, 0.25) is 0 Å². The first-order chi connectivity index (χ1) is 12.0. The third-order valence-electron chi connectivity index (χ3n) is 4.86. The Balaban J connectivity index is 1.68. The van der Waals surface area contributed by atoms with Gasteiger partial charge >= 0.3 is 0 Å². The van der Waals surface area contributed by atoms with Crippen molar-refractivity contribution in [3.8, 4) is 0 Å². The van der Waals surface area contributed by atoms with Gasteiger partial charge in [0.25, 0.3) is 11.6 Å². The molecule has 1 aliphatic heterocycles. The predicted molar refractivity (Wildman–Crippen MR) is 94.3 cm³/mol. The quantitative estimate of drug-likeness (QED) is 0.777. The van der Waals surface area contributed by atoms with E-state index in [0.29, 0.717) is 35.4 Å². The van der Waals surface area contributed by atoms with E-state index in [4.69, 9.17) is 10.3 Å². The molecule has 0 aliphatic carbocycles. The molecule has 0 saturated carbocycles. The molecule has 1 amide bonds. The van der Waals surface area contributed by atoms with E-state index in [-0.39, 0.29) is 17.9 Å². The molecule has 2 N–H and O–H groups in total. The number of hydrogen-bond donors (Lipinski definition) is 1. The van der Waals surface area contributed by atoms with Crippen molar-refractivity contribution in [3.63, 3.8) is 0 Å². The summed E-state index contributed by atoms with van der Waals surface area (Å²) in [6.45, 7) is 4.81. The standard InChI is InChI=1S/C19H20N4O2/c1-11-8-14(17-12(2)22-25-18(17)21-11)19(24)23-9-15(16(20)10-23)13-6-4-3-5-7-13/h3-8,15-16H,9-10,20H2,1-2H3. The third-order valence-corrected chi connectivity index (χ3v) is 4.86. The van der Waals surface area contributed by atoms with Gasteiger partial charge in [-0.05, 0) is 25.5 Å². The van der Waals surface area contributed by atoms with Gasteiger partial charge in [0.1, 0.15) is 0 Å². The summed E-state index contributed by atoms with van der Waals surface area (Å²) in [4.78, 5) is 19.3. The zero-order valence-corrected chi connectivity index (χ0v) is 14.3. The lowest BCUT2D eigenvalue weighted by atomic mass is 9.95. The van der Waals surface area contributed by atoms with Crippen LogP contribution in [0.3, 0.4) is 0 Å². The fourth-order valence-electron chi connectivity index (χ4n) is 3.60. The number of hydrogen-bond acceptors (Lipinski definition) is 5. The second-order valence-corrected chi connectivity index (χ2v) is 6.65. The minimum Gasteiger partial charge on any atom is -0.336 e. The molecule has 1 aromatic carbocycles. The highest BCUT2D eigenvalue weighted by Crippen LogP contribution is 2.29. The number of aromatic nitrogens is 2. The van der Waals surface area contributed by atoms with E-state index in [2.05, 4.69) is 22.3 Å². The van der Waals surface area contributed by atoms with Gasteiger partial charge in [0.05, 0.1) is 16.6 Å². The molecule has 1 aliphatic rings. The summed E-state index contributed by atoms with van der Waals surface area (Å²) < 4.78 is 5.24. The zero-order chi connectivity index (χ0) is 17.6. The second kappa shape index (κ2) is 5.97. The Morgan fingerprint density at radius 1 is 1.24 bits per heavy atom. The van der Waals surface area contributed by atoms with Gasteiger partial charge in [-0.3, -0.25) is 4.79 Å². The van der Waals surface area contributed by atoms with Crippen LogP contribution in [-0.2, 0) is 0 Å². The van der Waals surface area contributed by atoms with Crippen molar-refractivity contribution in [2.45, 2.75) is 25.8 Å². The molecule has 6 heteroatoms. The maximum atomic E-state index is 13.2. The largest absolute Gasteiger partial charge is 0.336 e. The highest BCUT2D eigenvalue weighted by atomic mass is 16.5. The number of carbonyl (C=O) groups is 1. The molecule has 1 fully saturated rings. The van der Waals surface area contributed by atoms with Gasteiger partial charge in [-0.15, -0.1) is 0 Å². The number of amides is 1. The van der Waals surface area contributed by atoms with Gasteiger partial charge in [0.15, 0.2) is 0 Å². The van der Waals surface area contributed by atoms with Crippen molar-refractivity contribution in [1.29, 1.82) is 0 Å². The normalized spacial score (nSPS) is 20.4. The first kappa shape index (κ1) is 15.8. The third kappa shape index (κ3) is 2.68. The number of carbonyl (C=O) groups excluding carboxylic acids is 1. The molecule has 0 bridgehead atoms. The number of nitrogens with two attached hydrogens (primary N) is 1. The lowest BCUT2D eigenvalue weighted by molar-refractivity contribution is 0.0791. The number of fused-ring (bicyclic) bond motifs is 1. The fraction of sp³-hybridized carbons (Fsp3) is 0.316. The molecule has 6 nitrogen and oxygen atoms in total. The minimum absolute atomic E-state index is 0.0457. The first-order valence-corrected chi connectivity index (χ1v) is 8.38. The number of benzene rings is 1. The van der Waals surface area contributed by atoms with E-state index in [1.54, 1.807) is 6.07 Å². The van der Waals surface area contributed by atoms with Gasteiger partial charge in [-0.1, -0.05) is 35.5 Å². The van der Waals surface area contributed by atoms with Crippen LogP contribution >= 0.6 is 0 Å². The van der Waals surface area contributed by atoms with Crippen LogP contribution in [0.1, 0.15) is 33.2 Å². The summed E-state index contributed by atoms with van der Waals surface area (Å²) in [5.41, 5.74) is 9.90. The number of likely N-dealkylation sites (tertiary alicyclic amines) is 1. The Labute approximate surface area is 145 Å². The Hall–Kier alpha value is -2.73. The molecule has 2 atom stereocenters. The maximum Gasteiger partial charge on any atom is 0.258 e. The predicted octanol–water partition coefficient (Wildman–Crippen LogP) is 2.41. The van der Waals surface area contributed by atoms with Crippen molar-refractivity contribution < 1.29 is 9.32 Å². The van der Waals surface area contributed by atoms with Crippen LogP contribution in [0, 0.1) is 13.8 Å². The molecule has 3 aromatic rings. The highest BCUT2D eigenvalue weighted by molar-refractivity contribution is 6.06. The van der Waals surface area contributed by atoms with Crippen LogP contribution in [0.15, 0.2) is 40.9 Å². The monoisotopic (exact) mass is 336 g/mol. The summed E-state index contributed by atoms with van der Waals surface area (Å²) in [6, 6.07) is 11.8. The zero-order valence-electron chi connectivity index (χ0n) is 14.3. The smallest absolute Gasteiger partial charge is 0.258 e. The Kier molecular flexibility index (Phi) is 3.77. The molecular weight excluding hydrogens is 316 g/mol. The van der Waals surface area contributed by atoms with E-state index in [0.717, 1.165) is 5.69 Å². The summed E-state index contributed by atoms with van der Waals surface area (Å²) >= 11 is 0. The van der Waals surface area contributed by atoms with E-state index in [1.807, 2.05) is 36.9 Å². The van der Waals surface area contributed by atoms with Crippen LogP contribution < -0.4 is 5.73 Å². The molecule has 0 spiro atoms. The second-order valence-electron chi connectivity index (χ2n) is 6.65. The van der Waals surface area contributed by atoms with Crippen molar-refractivity contribution >= 4 is 17.0 Å². The summed E-state index contributed by atoms with van der Waals surface area (Å²) in [5, 5.41) is 4.64. The first-order valence-electron chi connectivity index (χ1n) is 8.38. The van der Waals surface area contributed by atoms with E-state index in [9.17, 15) is 4.79 Å². The Morgan fingerprint density at radius 3 is 2.76 bits per heavy atom. The van der Waals surface area contributed by atoms with Crippen LogP contribution in [0.4, 0.5) is 0 Å². The molecule has 3 heterocycles. The molecule has 4 rings (SSSR count). The van der Waals surface area contributed by atoms with Crippen LogP contribution in [0.5, 0.6) is 0 Å². The maximum absolute atomic E-state index is 13.2. The molecule has 2 unspecified atom stereocenters. The Bertz CT molecular complexity index is 935. The van der Waals surface area contributed by atoms with Gasteiger partial charge in [0, 0.05) is 30.7 Å². The van der Waals surface area contributed by atoms with E-state index >= 15 is 0 Å². The average Bonchev–Trinajstić information content (AvgIpc) is 3.17. The van der Waals surface area contributed by atoms with Crippen molar-refractivity contribution in [3.05, 3.63) is 58.9 Å².